The van der Waals surface area contributed by atoms with Gasteiger partial charge in [0, 0.05) is 29.4 Å². The van der Waals surface area contributed by atoms with Crippen LogP contribution >= 0.6 is 11.3 Å². The van der Waals surface area contributed by atoms with E-state index in [2.05, 4.69) is 29.0 Å². The van der Waals surface area contributed by atoms with Gasteiger partial charge in [-0.25, -0.2) is 4.98 Å². The van der Waals surface area contributed by atoms with E-state index in [1.165, 1.54) is 11.3 Å². The van der Waals surface area contributed by atoms with Crippen molar-refractivity contribution < 1.29 is 4.79 Å². The first-order valence-corrected chi connectivity index (χ1v) is 8.91. The third-order valence-electron chi connectivity index (χ3n) is 4.55. The van der Waals surface area contributed by atoms with E-state index in [9.17, 15) is 4.79 Å². The summed E-state index contributed by atoms with van der Waals surface area (Å²) >= 11 is 1.52. The van der Waals surface area contributed by atoms with Gasteiger partial charge in [0.1, 0.15) is 10.7 Å². The maximum absolute atomic E-state index is 12.6. The van der Waals surface area contributed by atoms with Crippen LogP contribution < -0.4 is 0 Å². The predicted molar refractivity (Wildman–Crippen MR) is 93.7 cm³/mol. The normalized spacial score (nSPS) is 16.1. The number of rotatable bonds is 2. The molecule has 0 saturated carbocycles. The summed E-state index contributed by atoms with van der Waals surface area (Å²) in [5.41, 5.74) is 2.64. The molecule has 0 spiro atoms. The van der Waals surface area contributed by atoms with E-state index in [0.29, 0.717) is 5.69 Å². The van der Waals surface area contributed by atoms with Crippen LogP contribution in [0.4, 0.5) is 0 Å². The summed E-state index contributed by atoms with van der Waals surface area (Å²) in [6.45, 7) is 3.94. The molecule has 2 aromatic heterocycles. The molecule has 1 amide bonds. The highest BCUT2D eigenvalue weighted by Gasteiger charge is 2.23. The fourth-order valence-electron chi connectivity index (χ4n) is 3.06. The van der Waals surface area contributed by atoms with E-state index >= 15 is 0 Å². The van der Waals surface area contributed by atoms with Gasteiger partial charge in [0.15, 0.2) is 0 Å². The maximum atomic E-state index is 12.6. The highest BCUT2D eigenvalue weighted by molar-refractivity contribution is 7.13. The summed E-state index contributed by atoms with van der Waals surface area (Å²) in [5.74, 6) is 0.784. The van der Waals surface area contributed by atoms with Gasteiger partial charge < -0.3 is 9.88 Å². The Hall–Kier alpha value is -2.14. The smallest absolute Gasteiger partial charge is 0.273 e. The maximum Gasteiger partial charge on any atom is 0.273 e. The molecule has 4 nitrogen and oxygen atoms in total. The van der Waals surface area contributed by atoms with E-state index in [1.54, 1.807) is 0 Å². The fraction of sp³-hybridized carbons (Fsp3) is 0.333. The first-order chi connectivity index (χ1) is 11.2. The molecule has 0 radical (unpaired) electrons. The summed E-state index contributed by atoms with van der Waals surface area (Å²) in [4.78, 5) is 22.5. The Kier molecular flexibility index (Phi) is 3.65. The zero-order valence-electron chi connectivity index (χ0n) is 13.1. The van der Waals surface area contributed by atoms with Gasteiger partial charge in [-0.2, -0.15) is 0 Å². The molecular weight excluding hydrogens is 306 g/mol. The summed E-state index contributed by atoms with van der Waals surface area (Å²) in [6, 6.07) is 10.2. The molecule has 3 heterocycles. The molecule has 0 unspecified atom stereocenters. The number of amides is 1. The molecular formula is C18H19N3OS. The second-order valence-corrected chi connectivity index (χ2v) is 7.14. The summed E-state index contributed by atoms with van der Waals surface area (Å²) in [5, 5.41) is 3.91. The lowest BCUT2D eigenvalue weighted by molar-refractivity contribution is 0.0692. The molecule has 1 fully saturated rings. The van der Waals surface area contributed by atoms with Crippen LogP contribution in [-0.4, -0.2) is 33.9 Å². The summed E-state index contributed by atoms with van der Waals surface area (Å²) < 4.78 is 0. The van der Waals surface area contributed by atoms with Gasteiger partial charge in [0.25, 0.3) is 5.91 Å². The number of carbonyl (C=O) groups excluding carboxylic acids is 1. The number of aromatic amines is 1. The predicted octanol–water partition coefficient (Wildman–Crippen LogP) is 4.16. The molecule has 118 valence electrons. The number of carbonyl (C=O) groups is 1. The molecule has 0 aliphatic carbocycles. The molecule has 1 aliphatic heterocycles. The minimum Gasteiger partial charge on any atom is -0.353 e. The van der Waals surface area contributed by atoms with Crippen molar-refractivity contribution in [2.24, 2.45) is 5.92 Å². The first kappa shape index (κ1) is 14.5. The number of thiazole rings is 1. The monoisotopic (exact) mass is 325 g/mol. The van der Waals surface area contributed by atoms with Crippen molar-refractivity contribution in [2.45, 2.75) is 19.8 Å². The van der Waals surface area contributed by atoms with Gasteiger partial charge in [-0.1, -0.05) is 25.1 Å². The SMILES string of the molecule is CC1CCN(C(=O)c2csc(-c3cc4ccccc4[nH]3)n2)CC1. The van der Waals surface area contributed by atoms with Gasteiger partial charge in [0.2, 0.25) is 0 Å². The van der Waals surface area contributed by atoms with Gasteiger partial charge in [0.05, 0.1) is 5.69 Å². The Morgan fingerprint density at radius 3 is 2.87 bits per heavy atom. The molecule has 23 heavy (non-hydrogen) atoms. The minimum absolute atomic E-state index is 0.0653. The van der Waals surface area contributed by atoms with Crippen LogP contribution in [0.1, 0.15) is 30.3 Å². The minimum atomic E-state index is 0.0653. The number of nitrogens with one attached hydrogen (secondary N) is 1. The topological polar surface area (TPSA) is 49.0 Å². The molecule has 4 rings (SSSR count). The molecule has 1 N–H and O–H groups in total. The van der Waals surface area contributed by atoms with E-state index in [4.69, 9.17) is 0 Å². The molecule has 1 saturated heterocycles. The summed E-state index contributed by atoms with van der Waals surface area (Å²) in [6.07, 6.45) is 2.18. The van der Waals surface area contributed by atoms with Crippen molar-refractivity contribution in [3.63, 3.8) is 0 Å². The van der Waals surface area contributed by atoms with Crippen LogP contribution in [0.2, 0.25) is 0 Å². The number of para-hydroxylation sites is 1. The van der Waals surface area contributed by atoms with Crippen LogP contribution in [-0.2, 0) is 0 Å². The van der Waals surface area contributed by atoms with Crippen molar-refractivity contribution >= 4 is 28.1 Å². The third kappa shape index (κ3) is 2.77. The number of piperidine rings is 1. The number of fused-ring (bicyclic) bond motifs is 1. The molecule has 1 aliphatic rings. The van der Waals surface area contributed by atoms with E-state index in [0.717, 1.165) is 53.5 Å². The van der Waals surface area contributed by atoms with Crippen LogP contribution in [0.25, 0.3) is 21.6 Å². The number of hydrogen-bond donors (Lipinski definition) is 1. The van der Waals surface area contributed by atoms with E-state index < -0.39 is 0 Å². The van der Waals surface area contributed by atoms with Crippen LogP contribution in [0.5, 0.6) is 0 Å². The number of likely N-dealkylation sites (tertiary alicyclic amines) is 1. The van der Waals surface area contributed by atoms with Gasteiger partial charge in [-0.05, 0) is 30.9 Å². The van der Waals surface area contributed by atoms with E-state index in [1.807, 2.05) is 28.5 Å². The van der Waals surface area contributed by atoms with Crippen molar-refractivity contribution in [1.82, 2.24) is 14.9 Å². The fourth-order valence-corrected chi connectivity index (χ4v) is 3.82. The largest absolute Gasteiger partial charge is 0.353 e. The Balaban J connectivity index is 1.57. The standard InChI is InChI=1S/C18H19N3OS/c1-12-6-8-21(9-7-12)18(22)16-11-23-17(20-16)15-10-13-4-2-3-5-14(13)19-15/h2-5,10-12,19H,6-9H2,1H3. The average Bonchev–Trinajstić information content (AvgIpc) is 3.21. The highest BCUT2D eigenvalue weighted by Crippen LogP contribution is 2.27. The van der Waals surface area contributed by atoms with Crippen LogP contribution in [0, 0.1) is 5.92 Å². The number of aromatic nitrogens is 2. The first-order valence-electron chi connectivity index (χ1n) is 8.03. The summed E-state index contributed by atoms with van der Waals surface area (Å²) in [7, 11) is 0. The van der Waals surface area contributed by atoms with Crippen molar-refractivity contribution in [1.29, 1.82) is 0 Å². The zero-order chi connectivity index (χ0) is 15.8. The van der Waals surface area contributed by atoms with Crippen molar-refractivity contribution in [3.05, 3.63) is 41.4 Å². The Morgan fingerprint density at radius 1 is 1.30 bits per heavy atom. The number of hydrogen-bond acceptors (Lipinski definition) is 3. The Labute approximate surface area is 139 Å². The van der Waals surface area contributed by atoms with Gasteiger partial charge >= 0.3 is 0 Å². The molecule has 3 aromatic rings. The Morgan fingerprint density at radius 2 is 2.09 bits per heavy atom. The lowest BCUT2D eigenvalue weighted by Crippen LogP contribution is -2.38. The lowest BCUT2D eigenvalue weighted by Gasteiger charge is -2.29. The molecule has 0 atom stereocenters. The Bertz CT molecular complexity index is 810. The van der Waals surface area contributed by atoms with Crippen LogP contribution in [0.3, 0.4) is 0 Å². The lowest BCUT2D eigenvalue weighted by atomic mass is 9.99. The quantitative estimate of drug-likeness (QED) is 0.769. The van der Waals surface area contributed by atoms with Crippen molar-refractivity contribution in [3.8, 4) is 10.7 Å². The second-order valence-electron chi connectivity index (χ2n) is 6.28. The molecule has 5 heteroatoms. The molecule has 1 aromatic carbocycles. The third-order valence-corrected chi connectivity index (χ3v) is 5.43. The van der Waals surface area contributed by atoms with E-state index in [-0.39, 0.29) is 5.91 Å². The second kappa shape index (κ2) is 5.81. The van der Waals surface area contributed by atoms with Gasteiger partial charge in [-0.15, -0.1) is 11.3 Å². The number of nitrogens with zero attached hydrogens (tertiary/aromatic N) is 2. The van der Waals surface area contributed by atoms with Crippen molar-refractivity contribution in [2.75, 3.05) is 13.1 Å². The number of benzene rings is 1. The molecule has 0 bridgehead atoms. The zero-order valence-corrected chi connectivity index (χ0v) is 13.9. The van der Waals surface area contributed by atoms with Crippen LogP contribution in [0.15, 0.2) is 35.7 Å². The average molecular weight is 325 g/mol. The highest BCUT2D eigenvalue weighted by atomic mass is 32.1. The number of H-pyrrole nitrogens is 1. The van der Waals surface area contributed by atoms with Gasteiger partial charge in [-0.3, -0.25) is 4.79 Å².